The summed E-state index contributed by atoms with van der Waals surface area (Å²) in [6.07, 6.45) is 4.76. The molecular formula is C14H23N3. The van der Waals surface area contributed by atoms with Crippen molar-refractivity contribution in [2.75, 3.05) is 18.5 Å². The van der Waals surface area contributed by atoms with Gasteiger partial charge in [0.25, 0.3) is 0 Å². The lowest BCUT2D eigenvalue weighted by Crippen LogP contribution is -2.23. The highest BCUT2D eigenvalue weighted by Crippen LogP contribution is 2.30. The SMILES string of the molecule is CC(C)NCc1ccc(N(C)CC2CC2)nc1. The van der Waals surface area contributed by atoms with Crippen LogP contribution in [0.1, 0.15) is 32.3 Å². The molecule has 2 rings (SSSR count). The van der Waals surface area contributed by atoms with E-state index in [1.807, 2.05) is 6.20 Å². The molecule has 0 amide bonds. The summed E-state index contributed by atoms with van der Waals surface area (Å²) in [5.41, 5.74) is 1.25. The van der Waals surface area contributed by atoms with Gasteiger partial charge < -0.3 is 10.2 Å². The van der Waals surface area contributed by atoms with Crippen LogP contribution in [0.2, 0.25) is 0 Å². The van der Waals surface area contributed by atoms with Gasteiger partial charge in [-0.1, -0.05) is 19.9 Å². The van der Waals surface area contributed by atoms with Crippen molar-refractivity contribution in [2.24, 2.45) is 5.92 Å². The third-order valence-corrected chi connectivity index (χ3v) is 3.14. The predicted molar refractivity (Wildman–Crippen MR) is 72.2 cm³/mol. The Morgan fingerprint density at radius 3 is 2.71 bits per heavy atom. The molecule has 1 aliphatic carbocycles. The highest BCUT2D eigenvalue weighted by molar-refractivity contribution is 5.38. The van der Waals surface area contributed by atoms with Crippen molar-refractivity contribution in [1.29, 1.82) is 0 Å². The van der Waals surface area contributed by atoms with Crippen molar-refractivity contribution in [1.82, 2.24) is 10.3 Å². The monoisotopic (exact) mass is 233 g/mol. The van der Waals surface area contributed by atoms with Crippen LogP contribution in [0, 0.1) is 5.92 Å². The third-order valence-electron chi connectivity index (χ3n) is 3.14. The highest BCUT2D eigenvalue weighted by Gasteiger charge is 2.23. The van der Waals surface area contributed by atoms with Crippen LogP contribution >= 0.6 is 0 Å². The lowest BCUT2D eigenvalue weighted by atomic mass is 10.2. The van der Waals surface area contributed by atoms with E-state index >= 15 is 0 Å². The molecule has 1 fully saturated rings. The Morgan fingerprint density at radius 1 is 1.41 bits per heavy atom. The molecule has 0 bridgehead atoms. The van der Waals surface area contributed by atoms with Gasteiger partial charge in [-0.2, -0.15) is 0 Å². The highest BCUT2D eigenvalue weighted by atomic mass is 15.2. The molecule has 1 saturated carbocycles. The molecule has 0 atom stereocenters. The van der Waals surface area contributed by atoms with Gasteiger partial charge in [0.1, 0.15) is 5.82 Å². The molecule has 0 aromatic carbocycles. The zero-order valence-electron chi connectivity index (χ0n) is 11.1. The minimum Gasteiger partial charge on any atom is -0.359 e. The van der Waals surface area contributed by atoms with Crippen molar-refractivity contribution in [2.45, 2.75) is 39.3 Å². The molecule has 3 nitrogen and oxygen atoms in total. The molecule has 1 N–H and O–H groups in total. The number of hydrogen-bond acceptors (Lipinski definition) is 3. The van der Waals surface area contributed by atoms with Crippen LogP contribution in [0.4, 0.5) is 5.82 Å². The van der Waals surface area contributed by atoms with E-state index in [0.717, 1.165) is 24.8 Å². The van der Waals surface area contributed by atoms with Crippen LogP contribution in [0.5, 0.6) is 0 Å². The lowest BCUT2D eigenvalue weighted by Gasteiger charge is -2.18. The van der Waals surface area contributed by atoms with E-state index in [0.29, 0.717) is 6.04 Å². The zero-order valence-corrected chi connectivity index (χ0v) is 11.1. The molecular weight excluding hydrogens is 210 g/mol. The first-order chi connectivity index (χ1) is 8.15. The fraction of sp³-hybridized carbons (Fsp3) is 0.643. The molecule has 1 aromatic rings. The van der Waals surface area contributed by atoms with Gasteiger partial charge in [0.05, 0.1) is 0 Å². The van der Waals surface area contributed by atoms with Gasteiger partial charge in [0.15, 0.2) is 0 Å². The summed E-state index contributed by atoms with van der Waals surface area (Å²) in [6, 6.07) is 4.81. The van der Waals surface area contributed by atoms with Gasteiger partial charge in [0.2, 0.25) is 0 Å². The molecule has 0 radical (unpaired) electrons. The fourth-order valence-corrected chi connectivity index (χ4v) is 1.85. The second-order valence-corrected chi connectivity index (χ2v) is 5.38. The quantitative estimate of drug-likeness (QED) is 0.818. The third kappa shape index (κ3) is 4.00. The molecule has 0 unspecified atom stereocenters. The summed E-state index contributed by atoms with van der Waals surface area (Å²) in [7, 11) is 2.13. The summed E-state index contributed by atoms with van der Waals surface area (Å²) in [5, 5.41) is 3.40. The standard InChI is InChI=1S/C14H23N3/c1-11(2)15-8-13-6-7-14(16-9-13)17(3)10-12-4-5-12/h6-7,9,11-12,15H,4-5,8,10H2,1-3H3. The van der Waals surface area contributed by atoms with Gasteiger partial charge in [-0.05, 0) is 30.4 Å². The lowest BCUT2D eigenvalue weighted by molar-refractivity contribution is 0.588. The molecule has 1 aliphatic rings. The average Bonchev–Trinajstić information content (AvgIpc) is 3.11. The molecule has 0 saturated heterocycles. The Morgan fingerprint density at radius 2 is 2.18 bits per heavy atom. The van der Waals surface area contributed by atoms with Crippen LogP contribution in [-0.2, 0) is 6.54 Å². The number of hydrogen-bond donors (Lipinski definition) is 1. The number of anilines is 1. The molecule has 17 heavy (non-hydrogen) atoms. The number of pyridine rings is 1. The maximum atomic E-state index is 4.52. The van der Waals surface area contributed by atoms with E-state index in [2.05, 4.69) is 48.2 Å². The van der Waals surface area contributed by atoms with Gasteiger partial charge >= 0.3 is 0 Å². The molecule has 1 heterocycles. The van der Waals surface area contributed by atoms with Crippen LogP contribution in [0.15, 0.2) is 18.3 Å². The fourth-order valence-electron chi connectivity index (χ4n) is 1.85. The Hall–Kier alpha value is -1.09. The molecule has 0 aliphatic heterocycles. The number of rotatable bonds is 6. The topological polar surface area (TPSA) is 28.2 Å². The van der Waals surface area contributed by atoms with Crippen molar-refractivity contribution in [3.63, 3.8) is 0 Å². The van der Waals surface area contributed by atoms with Gasteiger partial charge in [-0.3, -0.25) is 0 Å². The van der Waals surface area contributed by atoms with Gasteiger partial charge in [0, 0.05) is 32.4 Å². The Bertz CT molecular complexity index is 341. The normalized spacial score (nSPS) is 15.3. The van der Waals surface area contributed by atoms with Crippen LogP contribution < -0.4 is 10.2 Å². The number of nitrogens with zero attached hydrogens (tertiary/aromatic N) is 2. The first kappa shape index (κ1) is 12.4. The molecule has 3 heteroatoms. The first-order valence-corrected chi connectivity index (χ1v) is 6.54. The van der Waals surface area contributed by atoms with Crippen molar-refractivity contribution >= 4 is 5.82 Å². The summed E-state index contributed by atoms with van der Waals surface area (Å²) in [4.78, 5) is 6.78. The van der Waals surface area contributed by atoms with E-state index in [9.17, 15) is 0 Å². The predicted octanol–water partition coefficient (Wildman–Crippen LogP) is 2.43. The van der Waals surface area contributed by atoms with Crippen molar-refractivity contribution < 1.29 is 0 Å². The first-order valence-electron chi connectivity index (χ1n) is 6.54. The second-order valence-electron chi connectivity index (χ2n) is 5.38. The Kier molecular flexibility index (Phi) is 4.00. The van der Waals surface area contributed by atoms with Gasteiger partial charge in [-0.25, -0.2) is 4.98 Å². The zero-order chi connectivity index (χ0) is 12.3. The minimum absolute atomic E-state index is 0.521. The van der Waals surface area contributed by atoms with E-state index in [-0.39, 0.29) is 0 Å². The molecule has 94 valence electrons. The van der Waals surface area contributed by atoms with E-state index in [1.54, 1.807) is 0 Å². The summed E-state index contributed by atoms with van der Waals surface area (Å²) in [5.74, 6) is 1.99. The van der Waals surface area contributed by atoms with Crippen LogP contribution in [-0.4, -0.2) is 24.6 Å². The summed E-state index contributed by atoms with van der Waals surface area (Å²) >= 11 is 0. The smallest absolute Gasteiger partial charge is 0.128 e. The minimum atomic E-state index is 0.521. The number of nitrogens with one attached hydrogen (secondary N) is 1. The Labute approximate surface area is 104 Å². The average molecular weight is 233 g/mol. The van der Waals surface area contributed by atoms with Crippen LogP contribution in [0.3, 0.4) is 0 Å². The van der Waals surface area contributed by atoms with Crippen molar-refractivity contribution in [3.8, 4) is 0 Å². The summed E-state index contributed by atoms with van der Waals surface area (Å²) < 4.78 is 0. The largest absolute Gasteiger partial charge is 0.359 e. The maximum Gasteiger partial charge on any atom is 0.128 e. The molecule has 0 spiro atoms. The summed E-state index contributed by atoms with van der Waals surface area (Å²) in [6.45, 7) is 6.37. The van der Waals surface area contributed by atoms with E-state index < -0.39 is 0 Å². The van der Waals surface area contributed by atoms with Crippen LogP contribution in [0.25, 0.3) is 0 Å². The maximum absolute atomic E-state index is 4.52. The van der Waals surface area contributed by atoms with Gasteiger partial charge in [-0.15, -0.1) is 0 Å². The molecule has 1 aromatic heterocycles. The number of aromatic nitrogens is 1. The Balaban J connectivity index is 1.87. The second kappa shape index (κ2) is 5.50. The van der Waals surface area contributed by atoms with Crippen molar-refractivity contribution in [3.05, 3.63) is 23.9 Å². The van der Waals surface area contributed by atoms with E-state index in [1.165, 1.54) is 18.4 Å². The van der Waals surface area contributed by atoms with E-state index in [4.69, 9.17) is 0 Å².